The van der Waals surface area contributed by atoms with Gasteiger partial charge in [-0.15, -0.1) is 0 Å². The SMILES string of the molecule is Cc1cn(C2OC(CO[Si](C)(C)C(C)(C)C)C3(OS(=O)(=O)C(c4ccccc4)=C3N)C2O[Si](C)(C)C(C)(C)C)c(=O)n(C)c1=O. The highest BCUT2D eigenvalue weighted by atomic mass is 32.2. The van der Waals surface area contributed by atoms with Crippen LogP contribution >= 0.6 is 0 Å². The van der Waals surface area contributed by atoms with Gasteiger partial charge in [-0.25, -0.2) is 8.98 Å². The molecule has 0 aliphatic carbocycles. The molecule has 0 bridgehead atoms. The van der Waals surface area contributed by atoms with E-state index in [2.05, 4.69) is 54.6 Å². The predicted molar refractivity (Wildman–Crippen MR) is 180 cm³/mol. The van der Waals surface area contributed by atoms with E-state index in [9.17, 15) is 18.0 Å². The third kappa shape index (κ3) is 5.98. The lowest BCUT2D eigenvalue weighted by Gasteiger charge is -2.43. The Hall–Kier alpha value is -2.34. The molecule has 4 unspecified atom stereocenters. The van der Waals surface area contributed by atoms with Gasteiger partial charge in [-0.3, -0.25) is 13.9 Å². The number of hydrogen-bond donors (Lipinski definition) is 1. The van der Waals surface area contributed by atoms with E-state index in [1.807, 2.05) is 13.1 Å². The fraction of sp³-hybridized carbons (Fsp3) is 0.613. The van der Waals surface area contributed by atoms with Crippen molar-refractivity contribution in [2.75, 3.05) is 6.61 Å². The van der Waals surface area contributed by atoms with Crippen molar-refractivity contribution in [3.05, 3.63) is 74.2 Å². The third-order valence-corrected chi connectivity index (χ3v) is 20.5. The minimum absolute atomic E-state index is 0.0673. The first-order chi connectivity index (χ1) is 20.4. The Morgan fingerprint density at radius 3 is 2.07 bits per heavy atom. The maximum Gasteiger partial charge on any atom is 0.332 e. The summed E-state index contributed by atoms with van der Waals surface area (Å²) in [5.41, 5.74) is 4.58. The zero-order chi connectivity index (χ0) is 34.1. The average molecular weight is 680 g/mol. The number of benzene rings is 1. The van der Waals surface area contributed by atoms with Gasteiger partial charge in [0.05, 0.1) is 12.3 Å². The molecule has 11 nitrogen and oxygen atoms in total. The summed E-state index contributed by atoms with van der Waals surface area (Å²) in [7, 11) is -8.19. The topological polar surface area (TPSA) is 141 Å². The molecule has 0 amide bonds. The Morgan fingerprint density at radius 1 is 0.978 bits per heavy atom. The number of nitrogens with zero attached hydrogens (tertiary/aromatic N) is 2. The van der Waals surface area contributed by atoms with Crippen molar-refractivity contribution in [2.45, 2.75) is 109 Å². The Balaban J connectivity index is 2.05. The molecule has 2 N–H and O–H groups in total. The van der Waals surface area contributed by atoms with Crippen LogP contribution in [0.5, 0.6) is 0 Å². The molecule has 3 heterocycles. The van der Waals surface area contributed by atoms with Crippen molar-refractivity contribution in [1.29, 1.82) is 0 Å². The lowest BCUT2D eigenvalue weighted by Crippen LogP contribution is -2.59. The number of ether oxygens (including phenoxy) is 1. The number of rotatable bonds is 7. The van der Waals surface area contributed by atoms with Crippen LogP contribution in [0.2, 0.25) is 36.3 Å². The molecule has 2 aromatic rings. The van der Waals surface area contributed by atoms with E-state index in [1.54, 1.807) is 37.3 Å². The second kappa shape index (κ2) is 11.4. The fourth-order valence-corrected chi connectivity index (χ4v) is 9.05. The quantitative estimate of drug-likeness (QED) is 0.329. The van der Waals surface area contributed by atoms with Crippen LogP contribution in [0.15, 0.2) is 51.8 Å². The van der Waals surface area contributed by atoms with Crippen LogP contribution in [0, 0.1) is 6.92 Å². The summed E-state index contributed by atoms with van der Waals surface area (Å²) in [6, 6.07) is 8.53. The van der Waals surface area contributed by atoms with Crippen LogP contribution in [-0.4, -0.2) is 58.6 Å². The average Bonchev–Trinajstić information content (AvgIpc) is 3.31. The van der Waals surface area contributed by atoms with Gasteiger partial charge in [0.1, 0.15) is 17.1 Å². The summed E-state index contributed by atoms with van der Waals surface area (Å²) in [6.45, 7) is 22.2. The van der Waals surface area contributed by atoms with Crippen molar-refractivity contribution in [2.24, 2.45) is 12.8 Å². The van der Waals surface area contributed by atoms with E-state index in [-0.39, 0.29) is 27.3 Å². The van der Waals surface area contributed by atoms with Gasteiger partial charge in [-0.1, -0.05) is 71.9 Å². The van der Waals surface area contributed by atoms with Crippen LogP contribution in [-0.2, 0) is 34.9 Å². The summed E-state index contributed by atoms with van der Waals surface area (Å²) in [4.78, 5) is 26.2. The second-order valence-electron chi connectivity index (χ2n) is 15.2. The molecule has 1 fully saturated rings. The van der Waals surface area contributed by atoms with E-state index in [1.165, 1.54) is 17.8 Å². The summed E-state index contributed by atoms with van der Waals surface area (Å²) in [5.74, 6) is 0. The standard InChI is InChI=1S/C31H49N3O8SSi2/c1-20-18-34(28(36)33(8)26(20)35)27-25(41-45(11,12)30(5,6)7)31(22(40-27)19-39-44(9,10)29(2,3)4)24(32)23(43(37,38)42-31)21-16-14-13-15-17-21/h13-18,22,25,27H,19,32H2,1-12H3. The Morgan fingerprint density at radius 2 is 1.53 bits per heavy atom. The highest BCUT2D eigenvalue weighted by Crippen LogP contribution is 2.55. The van der Waals surface area contributed by atoms with E-state index in [4.69, 9.17) is 23.5 Å². The van der Waals surface area contributed by atoms with Gasteiger partial charge in [0, 0.05) is 18.8 Å². The minimum atomic E-state index is -4.44. The molecule has 45 heavy (non-hydrogen) atoms. The number of nitrogens with two attached hydrogens (primary N) is 1. The molecule has 2 aliphatic heterocycles. The second-order valence-corrected chi connectivity index (χ2v) is 26.2. The van der Waals surface area contributed by atoms with Crippen LogP contribution in [0.25, 0.3) is 4.91 Å². The molecule has 250 valence electrons. The van der Waals surface area contributed by atoms with Crippen LogP contribution < -0.4 is 17.0 Å². The largest absolute Gasteiger partial charge is 0.414 e. The molecule has 1 aromatic carbocycles. The molecule has 1 aromatic heterocycles. The molecule has 0 radical (unpaired) electrons. The molecule has 2 aliphatic rings. The molecule has 1 saturated heterocycles. The first kappa shape index (κ1) is 35.5. The predicted octanol–water partition coefficient (Wildman–Crippen LogP) is 4.59. The molecular weight excluding hydrogens is 631 g/mol. The molecule has 1 spiro atoms. The maximum absolute atomic E-state index is 14.0. The fourth-order valence-electron chi connectivity index (χ4n) is 5.17. The number of aryl methyl sites for hydroxylation is 1. The highest BCUT2D eigenvalue weighted by molar-refractivity contribution is 7.96. The lowest BCUT2D eigenvalue weighted by atomic mass is 9.87. The van der Waals surface area contributed by atoms with E-state index >= 15 is 0 Å². The van der Waals surface area contributed by atoms with E-state index in [0.29, 0.717) is 11.1 Å². The molecule has 4 atom stereocenters. The molecule has 0 saturated carbocycles. The van der Waals surface area contributed by atoms with Crippen LogP contribution in [0.3, 0.4) is 0 Å². The van der Waals surface area contributed by atoms with Gasteiger partial charge in [-0.05, 0) is 48.8 Å². The van der Waals surface area contributed by atoms with Gasteiger partial charge in [0.2, 0.25) is 0 Å². The van der Waals surface area contributed by atoms with Gasteiger partial charge in [0.15, 0.2) is 28.5 Å². The van der Waals surface area contributed by atoms with Gasteiger partial charge >= 0.3 is 15.8 Å². The molecule has 14 heteroatoms. The highest BCUT2D eigenvalue weighted by Gasteiger charge is 2.69. The zero-order valence-corrected chi connectivity index (χ0v) is 31.4. The van der Waals surface area contributed by atoms with Gasteiger partial charge in [0.25, 0.3) is 5.56 Å². The van der Waals surface area contributed by atoms with Crippen molar-refractivity contribution in [1.82, 2.24) is 9.13 Å². The van der Waals surface area contributed by atoms with Crippen LogP contribution in [0.1, 0.15) is 58.9 Å². The molecule has 4 rings (SSSR count). The smallest absolute Gasteiger partial charge is 0.332 e. The summed E-state index contributed by atoms with van der Waals surface area (Å²) < 4.78 is 56.8. The van der Waals surface area contributed by atoms with E-state index in [0.717, 1.165) is 4.57 Å². The number of aromatic nitrogens is 2. The first-order valence-electron chi connectivity index (χ1n) is 15.2. The van der Waals surface area contributed by atoms with Crippen molar-refractivity contribution in [3.63, 3.8) is 0 Å². The normalized spacial score (nSPS) is 25.8. The Kier molecular flexibility index (Phi) is 9.01. The summed E-state index contributed by atoms with van der Waals surface area (Å²) in [6.07, 6.45) is -2.07. The monoisotopic (exact) mass is 679 g/mol. The lowest BCUT2D eigenvalue weighted by molar-refractivity contribution is -0.0566. The minimum Gasteiger partial charge on any atom is -0.414 e. The summed E-state index contributed by atoms with van der Waals surface area (Å²) >= 11 is 0. The third-order valence-electron chi connectivity index (χ3n) is 10.0. The number of hydrogen-bond acceptors (Lipinski definition) is 9. The van der Waals surface area contributed by atoms with Gasteiger partial charge < -0.3 is 19.3 Å². The maximum atomic E-state index is 14.0. The van der Waals surface area contributed by atoms with E-state index < -0.39 is 62.0 Å². The van der Waals surface area contributed by atoms with Crippen molar-refractivity contribution >= 4 is 31.7 Å². The Labute approximate surface area is 268 Å². The Bertz CT molecular complexity index is 1720. The van der Waals surface area contributed by atoms with Gasteiger partial charge in [-0.2, -0.15) is 8.42 Å². The summed E-state index contributed by atoms with van der Waals surface area (Å²) in [5, 5.41) is -0.489. The first-order valence-corrected chi connectivity index (χ1v) is 22.4. The van der Waals surface area contributed by atoms with Crippen molar-refractivity contribution < 1.29 is 26.2 Å². The van der Waals surface area contributed by atoms with Crippen molar-refractivity contribution in [3.8, 4) is 0 Å². The molecular formula is C31H49N3O8SSi2. The van der Waals surface area contributed by atoms with Crippen LogP contribution in [0.4, 0.5) is 0 Å². The zero-order valence-electron chi connectivity index (χ0n) is 28.5.